The number of hydrogen-bond donors (Lipinski definition) is 1. The van der Waals surface area contributed by atoms with Gasteiger partial charge in [0.05, 0.1) is 7.11 Å². The van der Waals surface area contributed by atoms with Crippen LogP contribution in [-0.2, 0) is 11.2 Å². The minimum absolute atomic E-state index is 0.0405. The summed E-state index contributed by atoms with van der Waals surface area (Å²) in [5, 5.41) is 0. The maximum Gasteiger partial charge on any atom is 0.263 e. The molecule has 0 spiro atoms. The first kappa shape index (κ1) is 15.6. The van der Waals surface area contributed by atoms with Crippen molar-refractivity contribution in [2.75, 3.05) is 26.7 Å². The molecule has 2 N–H and O–H groups in total. The van der Waals surface area contributed by atoms with Crippen molar-refractivity contribution in [3.63, 3.8) is 0 Å². The topological polar surface area (TPSA) is 64.8 Å². The van der Waals surface area contributed by atoms with E-state index in [4.69, 9.17) is 15.2 Å². The van der Waals surface area contributed by atoms with Crippen LogP contribution in [0.5, 0.6) is 11.5 Å². The predicted molar refractivity (Wildman–Crippen MR) is 81.7 cm³/mol. The maximum absolute atomic E-state index is 12.3. The molecule has 21 heavy (non-hydrogen) atoms. The predicted octanol–water partition coefficient (Wildman–Crippen LogP) is 1.59. The van der Waals surface area contributed by atoms with E-state index in [0.29, 0.717) is 18.0 Å². The summed E-state index contributed by atoms with van der Waals surface area (Å²) in [6, 6.07) is 5.72. The van der Waals surface area contributed by atoms with E-state index in [0.717, 1.165) is 37.9 Å². The third-order valence-electron chi connectivity index (χ3n) is 3.73. The van der Waals surface area contributed by atoms with E-state index in [2.05, 4.69) is 0 Å². The number of rotatable bonds is 6. The number of nitrogens with zero attached hydrogens (tertiary/aromatic N) is 1. The molecule has 1 aliphatic heterocycles. The van der Waals surface area contributed by atoms with Crippen molar-refractivity contribution in [1.82, 2.24) is 4.90 Å². The van der Waals surface area contributed by atoms with Gasteiger partial charge < -0.3 is 20.1 Å². The van der Waals surface area contributed by atoms with Gasteiger partial charge in [-0.1, -0.05) is 6.07 Å². The van der Waals surface area contributed by atoms with E-state index in [1.54, 1.807) is 14.0 Å². The van der Waals surface area contributed by atoms with Gasteiger partial charge in [0.1, 0.15) is 0 Å². The normalized spacial score (nSPS) is 15.9. The summed E-state index contributed by atoms with van der Waals surface area (Å²) < 4.78 is 11.1. The third-order valence-corrected chi connectivity index (χ3v) is 3.73. The molecule has 1 aromatic carbocycles. The van der Waals surface area contributed by atoms with Gasteiger partial charge in [0.15, 0.2) is 17.6 Å². The number of ether oxygens (including phenoxy) is 2. The molecule has 0 aromatic heterocycles. The Morgan fingerprint density at radius 1 is 1.33 bits per heavy atom. The number of hydrogen-bond acceptors (Lipinski definition) is 4. The molecule has 1 amide bonds. The molecule has 1 aromatic rings. The highest BCUT2D eigenvalue weighted by Gasteiger charge is 2.25. The van der Waals surface area contributed by atoms with Crippen molar-refractivity contribution in [1.29, 1.82) is 0 Å². The lowest BCUT2D eigenvalue weighted by atomic mass is 10.1. The first-order valence-electron chi connectivity index (χ1n) is 7.48. The van der Waals surface area contributed by atoms with E-state index >= 15 is 0 Å². The fourth-order valence-corrected chi connectivity index (χ4v) is 2.57. The third kappa shape index (κ3) is 3.88. The summed E-state index contributed by atoms with van der Waals surface area (Å²) in [5.74, 6) is 1.28. The number of likely N-dealkylation sites (tertiary alicyclic amines) is 1. The standard InChI is InChI=1S/C16H24N2O3/c1-12(16(19)18-9-3-4-10-18)21-15-11-13(7-8-17)5-6-14(15)20-2/h5-6,11-12H,3-4,7-10,17H2,1-2H3. The monoisotopic (exact) mass is 292 g/mol. The lowest BCUT2D eigenvalue weighted by Gasteiger charge is -2.22. The Kier molecular flexibility index (Phi) is 5.44. The summed E-state index contributed by atoms with van der Waals surface area (Å²) >= 11 is 0. The minimum atomic E-state index is -0.509. The number of carbonyl (C=O) groups excluding carboxylic acids is 1. The van der Waals surface area contributed by atoms with Gasteiger partial charge >= 0.3 is 0 Å². The minimum Gasteiger partial charge on any atom is -0.493 e. The van der Waals surface area contributed by atoms with Gasteiger partial charge in [0.25, 0.3) is 5.91 Å². The van der Waals surface area contributed by atoms with Crippen LogP contribution < -0.4 is 15.2 Å². The molecule has 0 saturated carbocycles. The van der Waals surface area contributed by atoms with Gasteiger partial charge in [-0.3, -0.25) is 4.79 Å². The fourth-order valence-electron chi connectivity index (χ4n) is 2.57. The summed E-state index contributed by atoms with van der Waals surface area (Å²) in [5.41, 5.74) is 6.66. The Morgan fingerprint density at radius 3 is 2.67 bits per heavy atom. The van der Waals surface area contributed by atoms with Gasteiger partial charge in [0, 0.05) is 13.1 Å². The molecule has 2 rings (SSSR count). The van der Waals surface area contributed by atoms with Crippen molar-refractivity contribution >= 4 is 5.91 Å². The molecule has 0 radical (unpaired) electrons. The average Bonchev–Trinajstić information content (AvgIpc) is 3.01. The SMILES string of the molecule is COc1ccc(CCN)cc1OC(C)C(=O)N1CCCC1. The summed E-state index contributed by atoms with van der Waals surface area (Å²) in [6.07, 6.45) is 2.42. The van der Waals surface area contributed by atoms with Gasteiger partial charge in [-0.05, 0) is 50.4 Å². The zero-order chi connectivity index (χ0) is 15.2. The smallest absolute Gasteiger partial charge is 0.263 e. The van der Waals surface area contributed by atoms with Crippen LogP contribution in [-0.4, -0.2) is 43.7 Å². The molecular formula is C16H24N2O3. The average molecular weight is 292 g/mol. The number of carbonyl (C=O) groups is 1. The molecule has 116 valence electrons. The highest BCUT2D eigenvalue weighted by atomic mass is 16.5. The van der Waals surface area contributed by atoms with Crippen molar-refractivity contribution in [3.05, 3.63) is 23.8 Å². The molecule has 1 heterocycles. The van der Waals surface area contributed by atoms with Crippen molar-refractivity contribution in [3.8, 4) is 11.5 Å². The molecule has 1 unspecified atom stereocenters. The van der Waals surface area contributed by atoms with Crippen LogP contribution in [0.2, 0.25) is 0 Å². The van der Waals surface area contributed by atoms with Crippen LogP contribution in [0.4, 0.5) is 0 Å². The molecular weight excluding hydrogens is 268 g/mol. The van der Waals surface area contributed by atoms with Crippen molar-refractivity contribution in [2.45, 2.75) is 32.3 Å². The Hall–Kier alpha value is -1.75. The lowest BCUT2D eigenvalue weighted by Crippen LogP contribution is -2.38. The molecule has 1 aliphatic rings. The van der Waals surface area contributed by atoms with Gasteiger partial charge in [0.2, 0.25) is 0 Å². The second-order valence-electron chi connectivity index (χ2n) is 5.32. The largest absolute Gasteiger partial charge is 0.493 e. The summed E-state index contributed by atoms with van der Waals surface area (Å²) in [4.78, 5) is 14.2. The molecule has 5 heteroatoms. The first-order valence-corrected chi connectivity index (χ1v) is 7.48. The zero-order valence-electron chi connectivity index (χ0n) is 12.8. The Labute approximate surface area is 126 Å². The molecule has 5 nitrogen and oxygen atoms in total. The van der Waals surface area contributed by atoms with Gasteiger partial charge in [-0.15, -0.1) is 0 Å². The van der Waals surface area contributed by atoms with Crippen LogP contribution in [0.15, 0.2) is 18.2 Å². The van der Waals surface area contributed by atoms with E-state index in [1.807, 2.05) is 23.1 Å². The van der Waals surface area contributed by atoms with Crippen LogP contribution in [0.25, 0.3) is 0 Å². The van der Waals surface area contributed by atoms with E-state index < -0.39 is 6.10 Å². The van der Waals surface area contributed by atoms with Crippen LogP contribution in [0.1, 0.15) is 25.3 Å². The number of methoxy groups -OCH3 is 1. The lowest BCUT2D eigenvalue weighted by molar-refractivity contribution is -0.136. The van der Waals surface area contributed by atoms with Crippen LogP contribution >= 0.6 is 0 Å². The van der Waals surface area contributed by atoms with E-state index in [1.165, 1.54) is 0 Å². The second-order valence-corrected chi connectivity index (χ2v) is 5.32. The van der Waals surface area contributed by atoms with Crippen LogP contribution in [0, 0.1) is 0 Å². The zero-order valence-corrected chi connectivity index (χ0v) is 12.8. The van der Waals surface area contributed by atoms with Crippen molar-refractivity contribution in [2.24, 2.45) is 5.73 Å². The van der Waals surface area contributed by atoms with Crippen molar-refractivity contribution < 1.29 is 14.3 Å². The molecule has 1 atom stereocenters. The second kappa shape index (κ2) is 7.31. The Bertz CT molecular complexity index is 484. The first-order chi connectivity index (χ1) is 10.2. The summed E-state index contributed by atoms with van der Waals surface area (Å²) in [6.45, 7) is 4.03. The number of amides is 1. The number of nitrogens with two attached hydrogens (primary N) is 1. The molecule has 1 saturated heterocycles. The van der Waals surface area contributed by atoms with E-state index in [9.17, 15) is 4.79 Å². The molecule has 1 fully saturated rings. The molecule has 0 aliphatic carbocycles. The quantitative estimate of drug-likeness (QED) is 0.864. The number of benzene rings is 1. The highest BCUT2D eigenvalue weighted by Crippen LogP contribution is 2.29. The summed E-state index contributed by atoms with van der Waals surface area (Å²) in [7, 11) is 1.59. The van der Waals surface area contributed by atoms with E-state index in [-0.39, 0.29) is 5.91 Å². The maximum atomic E-state index is 12.3. The Morgan fingerprint density at radius 2 is 2.05 bits per heavy atom. The highest BCUT2D eigenvalue weighted by molar-refractivity contribution is 5.81. The van der Waals surface area contributed by atoms with Gasteiger partial charge in [-0.25, -0.2) is 0 Å². The Balaban J connectivity index is 2.09. The fraction of sp³-hybridized carbons (Fsp3) is 0.562. The van der Waals surface area contributed by atoms with Gasteiger partial charge in [-0.2, -0.15) is 0 Å². The van der Waals surface area contributed by atoms with Crippen LogP contribution in [0.3, 0.4) is 0 Å². The molecule has 0 bridgehead atoms.